The lowest BCUT2D eigenvalue weighted by Crippen LogP contribution is -2.35. The topological polar surface area (TPSA) is 64.8 Å². The van der Waals surface area contributed by atoms with Crippen LogP contribution < -0.4 is 15.2 Å². The fraction of sp³-hybridized carbons (Fsp3) is 0.308. The smallest absolute Gasteiger partial charge is 0.236 e. The molecular formula is C13H16N2O3. The molecule has 18 heavy (non-hydrogen) atoms. The van der Waals surface area contributed by atoms with E-state index in [9.17, 15) is 4.79 Å². The molecule has 1 heterocycles. The first-order valence-corrected chi connectivity index (χ1v) is 5.72. The molecule has 0 fully saturated rings. The summed E-state index contributed by atoms with van der Waals surface area (Å²) in [6.45, 7) is 4.84. The number of nitrogens with zero attached hydrogens (tertiary/aromatic N) is 1. The number of amides is 1. The molecule has 2 N–H and O–H groups in total. The van der Waals surface area contributed by atoms with Crippen molar-refractivity contribution in [2.24, 2.45) is 5.73 Å². The van der Waals surface area contributed by atoms with E-state index in [2.05, 4.69) is 6.58 Å². The van der Waals surface area contributed by atoms with Gasteiger partial charge in [0.05, 0.1) is 6.54 Å². The first kappa shape index (κ1) is 12.4. The lowest BCUT2D eigenvalue weighted by atomic mass is 10.2. The van der Waals surface area contributed by atoms with Crippen molar-refractivity contribution in [3.05, 3.63) is 36.4 Å². The Morgan fingerprint density at radius 3 is 2.94 bits per heavy atom. The van der Waals surface area contributed by atoms with Crippen LogP contribution in [0.25, 0.3) is 0 Å². The Kier molecular flexibility index (Phi) is 3.84. The molecule has 0 spiro atoms. The molecular weight excluding hydrogens is 232 g/mol. The van der Waals surface area contributed by atoms with Crippen molar-refractivity contribution in [3.63, 3.8) is 0 Å². The average molecular weight is 248 g/mol. The van der Waals surface area contributed by atoms with Gasteiger partial charge in [0.2, 0.25) is 12.7 Å². The number of nitrogens with two attached hydrogens (primary N) is 1. The number of carbonyl (C=O) groups excluding carboxylic acids is 1. The molecule has 5 nitrogen and oxygen atoms in total. The number of fused-ring (bicyclic) bond motifs is 1. The van der Waals surface area contributed by atoms with Gasteiger partial charge in [-0.1, -0.05) is 12.1 Å². The standard InChI is InChI=1S/C13H16N2O3/c1-2-5-15(13(16)7-14)8-10-3-4-11-12(6-10)18-9-17-11/h2-4,6H,1,5,7-9,14H2. The Morgan fingerprint density at radius 2 is 2.22 bits per heavy atom. The van der Waals surface area contributed by atoms with E-state index in [-0.39, 0.29) is 19.2 Å². The van der Waals surface area contributed by atoms with E-state index in [1.165, 1.54) is 0 Å². The molecule has 1 aromatic rings. The Bertz CT molecular complexity index is 460. The fourth-order valence-electron chi connectivity index (χ4n) is 1.80. The number of ether oxygens (including phenoxy) is 2. The number of carbonyl (C=O) groups is 1. The van der Waals surface area contributed by atoms with Crippen LogP contribution in [0.5, 0.6) is 11.5 Å². The molecule has 0 aromatic heterocycles. The van der Waals surface area contributed by atoms with Crippen LogP contribution in [0.3, 0.4) is 0 Å². The summed E-state index contributed by atoms with van der Waals surface area (Å²) in [6, 6.07) is 5.63. The van der Waals surface area contributed by atoms with E-state index in [0.717, 1.165) is 11.3 Å². The molecule has 0 aliphatic carbocycles. The monoisotopic (exact) mass is 248 g/mol. The lowest BCUT2D eigenvalue weighted by Gasteiger charge is -2.20. The minimum Gasteiger partial charge on any atom is -0.454 e. The van der Waals surface area contributed by atoms with Gasteiger partial charge in [-0.3, -0.25) is 4.79 Å². The summed E-state index contributed by atoms with van der Waals surface area (Å²) >= 11 is 0. The highest BCUT2D eigenvalue weighted by Crippen LogP contribution is 2.32. The van der Waals surface area contributed by atoms with Crippen LogP contribution in [-0.2, 0) is 11.3 Å². The summed E-state index contributed by atoms with van der Waals surface area (Å²) in [4.78, 5) is 13.3. The highest BCUT2D eigenvalue weighted by atomic mass is 16.7. The predicted molar refractivity (Wildman–Crippen MR) is 67.2 cm³/mol. The van der Waals surface area contributed by atoms with Gasteiger partial charge < -0.3 is 20.1 Å². The van der Waals surface area contributed by atoms with Crippen molar-refractivity contribution < 1.29 is 14.3 Å². The van der Waals surface area contributed by atoms with Gasteiger partial charge >= 0.3 is 0 Å². The number of hydrogen-bond acceptors (Lipinski definition) is 4. The van der Waals surface area contributed by atoms with E-state index < -0.39 is 0 Å². The van der Waals surface area contributed by atoms with Gasteiger partial charge in [0.1, 0.15) is 0 Å². The highest BCUT2D eigenvalue weighted by molar-refractivity contribution is 5.78. The molecule has 1 aliphatic heterocycles. The van der Waals surface area contributed by atoms with E-state index in [1.54, 1.807) is 11.0 Å². The normalized spacial score (nSPS) is 12.3. The van der Waals surface area contributed by atoms with E-state index in [0.29, 0.717) is 18.8 Å². The van der Waals surface area contributed by atoms with Crippen molar-refractivity contribution in [2.75, 3.05) is 19.9 Å². The Hall–Kier alpha value is -2.01. The largest absolute Gasteiger partial charge is 0.454 e. The van der Waals surface area contributed by atoms with E-state index in [4.69, 9.17) is 15.2 Å². The van der Waals surface area contributed by atoms with Crippen molar-refractivity contribution in [2.45, 2.75) is 6.54 Å². The van der Waals surface area contributed by atoms with Gasteiger partial charge in [0.15, 0.2) is 11.5 Å². The van der Waals surface area contributed by atoms with Crippen LogP contribution in [0.4, 0.5) is 0 Å². The van der Waals surface area contributed by atoms with Crippen LogP contribution in [0.2, 0.25) is 0 Å². The molecule has 0 radical (unpaired) electrons. The third-order valence-corrected chi connectivity index (χ3v) is 2.69. The van der Waals surface area contributed by atoms with E-state index in [1.807, 2.05) is 18.2 Å². The number of hydrogen-bond donors (Lipinski definition) is 1. The summed E-state index contributed by atoms with van der Waals surface area (Å²) in [7, 11) is 0. The molecule has 0 bridgehead atoms. The fourth-order valence-corrected chi connectivity index (χ4v) is 1.80. The maximum absolute atomic E-state index is 11.6. The molecule has 0 unspecified atom stereocenters. The van der Waals surface area contributed by atoms with Crippen LogP contribution >= 0.6 is 0 Å². The van der Waals surface area contributed by atoms with Crippen molar-refractivity contribution in [3.8, 4) is 11.5 Å². The average Bonchev–Trinajstić information content (AvgIpc) is 2.84. The van der Waals surface area contributed by atoms with Crippen LogP contribution in [-0.4, -0.2) is 30.7 Å². The zero-order chi connectivity index (χ0) is 13.0. The molecule has 1 aromatic carbocycles. The molecule has 5 heteroatoms. The summed E-state index contributed by atoms with van der Waals surface area (Å²) in [5.41, 5.74) is 6.35. The Labute approximate surface area is 106 Å². The molecule has 0 saturated heterocycles. The Morgan fingerprint density at radius 1 is 1.44 bits per heavy atom. The van der Waals surface area contributed by atoms with Crippen molar-refractivity contribution in [1.82, 2.24) is 4.90 Å². The summed E-state index contributed by atoms with van der Waals surface area (Å²) in [5.74, 6) is 1.35. The lowest BCUT2D eigenvalue weighted by molar-refractivity contribution is -0.129. The maximum Gasteiger partial charge on any atom is 0.236 e. The number of rotatable bonds is 5. The molecule has 0 atom stereocenters. The van der Waals surface area contributed by atoms with Gasteiger partial charge in [0.25, 0.3) is 0 Å². The molecule has 1 amide bonds. The minimum absolute atomic E-state index is 0.00160. The molecule has 96 valence electrons. The predicted octanol–water partition coefficient (Wildman–Crippen LogP) is 0.889. The zero-order valence-corrected chi connectivity index (χ0v) is 10.1. The second-order valence-corrected chi connectivity index (χ2v) is 3.95. The van der Waals surface area contributed by atoms with Gasteiger partial charge in [-0.25, -0.2) is 0 Å². The molecule has 2 rings (SSSR count). The van der Waals surface area contributed by atoms with Crippen molar-refractivity contribution in [1.29, 1.82) is 0 Å². The highest BCUT2D eigenvalue weighted by Gasteiger charge is 2.16. The molecule has 0 saturated carbocycles. The number of benzene rings is 1. The van der Waals surface area contributed by atoms with Gasteiger partial charge in [-0.2, -0.15) is 0 Å². The minimum atomic E-state index is -0.104. The second kappa shape index (κ2) is 5.55. The van der Waals surface area contributed by atoms with Crippen LogP contribution in [0.15, 0.2) is 30.9 Å². The third kappa shape index (κ3) is 2.62. The molecule has 1 aliphatic rings. The zero-order valence-electron chi connectivity index (χ0n) is 10.1. The first-order chi connectivity index (χ1) is 8.74. The van der Waals surface area contributed by atoms with Gasteiger partial charge in [0, 0.05) is 13.1 Å². The van der Waals surface area contributed by atoms with Gasteiger partial charge in [-0.05, 0) is 17.7 Å². The third-order valence-electron chi connectivity index (χ3n) is 2.69. The van der Waals surface area contributed by atoms with Crippen LogP contribution in [0.1, 0.15) is 5.56 Å². The second-order valence-electron chi connectivity index (χ2n) is 3.95. The Balaban J connectivity index is 2.11. The van der Waals surface area contributed by atoms with Crippen molar-refractivity contribution >= 4 is 5.91 Å². The van der Waals surface area contributed by atoms with Crippen LogP contribution in [0, 0.1) is 0 Å². The summed E-state index contributed by atoms with van der Waals surface area (Å²) in [6.07, 6.45) is 1.68. The first-order valence-electron chi connectivity index (χ1n) is 5.72. The summed E-state index contributed by atoms with van der Waals surface area (Å²) in [5, 5.41) is 0. The maximum atomic E-state index is 11.6. The summed E-state index contributed by atoms with van der Waals surface area (Å²) < 4.78 is 10.5. The van der Waals surface area contributed by atoms with Gasteiger partial charge in [-0.15, -0.1) is 6.58 Å². The quantitative estimate of drug-likeness (QED) is 0.786. The SMILES string of the molecule is C=CCN(Cc1ccc2c(c1)OCO2)C(=O)CN. The van der Waals surface area contributed by atoms with E-state index >= 15 is 0 Å².